The van der Waals surface area contributed by atoms with Crippen molar-refractivity contribution in [1.29, 1.82) is 0 Å². The number of amides is 2. The summed E-state index contributed by atoms with van der Waals surface area (Å²) in [5.74, 6) is 0. The number of carbonyl (C=O) groups is 1. The molecule has 4 heteroatoms. The molecule has 0 aliphatic carbocycles. The lowest BCUT2D eigenvalue weighted by atomic mass is 10.0. The molecule has 0 aromatic rings. The smallest absolute Gasteiger partial charge is 0.317 e. The molecular weight excluding hydrogens is 178 g/mol. The average molecular weight is 197 g/mol. The predicted octanol–water partition coefficient (Wildman–Crippen LogP) is 0.542. The molecule has 0 spiro atoms. The van der Waals surface area contributed by atoms with E-state index in [1.54, 1.807) is 0 Å². The Bertz CT molecular complexity index is 211. The topological polar surface area (TPSA) is 44.4 Å². The molecule has 14 heavy (non-hydrogen) atoms. The Kier molecular flexibility index (Phi) is 2.91. The molecule has 2 N–H and O–H groups in total. The first-order valence-corrected chi connectivity index (χ1v) is 5.55. The van der Waals surface area contributed by atoms with E-state index >= 15 is 0 Å². The number of piperidine rings is 1. The number of rotatable bonds is 1. The van der Waals surface area contributed by atoms with Gasteiger partial charge < -0.3 is 15.5 Å². The lowest BCUT2D eigenvalue weighted by Gasteiger charge is -2.38. The van der Waals surface area contributed by atoms with E-state index in [0.717, 1.165) is 32.5 Å². The highest BCUT2D eigenvalue weighted by Gasteiger charge is 2.28. The fraction of sp³-hybridized carbons (Fsp3) is 0.900. The van der Waals surface area contributed by atoms with Crippen LogP contribution in [0.2, 0.25) is 0 Å². The zero-order chi connectivity index (χ0) is 9.97. The van der Waals surface area contributed by atoms with Gasteiger partial charge in [-0.1, -0.05) is 0 Å². The fourth-order valence-electron chi connectivity index (χ4n) is 2.25. The molecule has 0 aromatic carbocycles. The normalized spacial score (nSPS) is 34.1. The summed E-state index contributed by atoms with van der Waals surface area (Å²) in [6, 6.07) is 1.14. The summed E-state index contributed by atoms with van der Waals surface area (Å²) in [4.78, 5) is 13.6. The SMILES string of the molecule is CC1CCC(N2CCCNC2=O)CN1. The first-order chi connectivity index (χ1) is 6.77. The molecule has 2 atom stereocenters. The largest absolute Gasteiger partial charge is 0.338 e. The van der Waals surface area contributed by atoms with Crippen LogP contribution in [0.4, 0.5) is 4.79 Å². The number of urea groups is 1. The van der Waals surface area contributed by atoms with Gasteiger partial charge in [0.15, 0.2) is 0 Å². The second-order valence-corrected chi connectivity index (χ2v) is 4.32. The minimum atomic E-state index is 0.123. The summed E-state index contributed by atoms with van der Waals surface area (Å²) in [6.45, 7) is 4.92. The van der Waals surface area contributed by atoms with Crippen molar-refractivity contribution in [2.45, 2.75) is 38.3 Å². The maximum atomic E-state index is 11.6. The third-order valence-corrected chi connectivity index (χ3v) is 3.19. The zero-order valence-electron chi connectivity index (χ0n) is 8.75. The molecule has 2 amide bonds. The molecule has 0 radical (unpaired) electrons. The van der Waals surface area contributed by atoms with Crippen LogP contribution < -0.4 is 10.6 Å². The van der Waals surface area contributed by atoms with Crippen molar-refractivity contribution in [3.05, 3.63) is 0 Å². The van der Waals surface area contributed by atoms with Gasteiger partial charge in [0.1, 0.15) is 0 Å². The van der Waals surface area contributed by atoms with Crippen molar-refractivity contribution >= 4 is 6.03 Å². The molecule has 2 heterocycles. The minimum absolute atomic E-state index is 0.123. The van der Waals surface area contributed by atoms with Crippen molar-refractivity contribution in [3.63, 3.8) is 0 Å². The summed E-state index contributed by atoms with van der Waals surface area (Å²) in [7, 11) is 0. The highest BCUT2D eigenvalue weighted by Crippen LogP contribution is 2.15. The van der Waals surface area contributed by atoms with Gasteiger partial charge in [0, 0.05) is 31.7 Å². The van der Waals surface area contributed by atoms with Gasteiger partial charge in [0.25, 0.3) is 0 Å². The molecule has 2 aliphatic rings. The molecule has 0 bridgehead atoms. The number of carbonyl (C=O) groups excluding carboxylic acids is 1. The number of nitrogens with zero attached hydrogens (tertiary/aromatic N) is 1. The van der Waals surface area contributed by atoms with Crippen LogP contribution in [0.15, 0.2) is 0 Å². The molecule has 2 fully saturated rings. The van der Waals surface area contributed by atoms with Crippen molar-refractivity contribution in [2.24, 2.45) is 0 Å². The van der Waals surface area contributed by atoms with Crippen LogP contribution in [0, 0.1) is 0 Å². The van der Waals surface area contributed by atoms with Crippen molar-refractivity contribution in [3.8, 4) is 0 Å². The van der Waals surface area contributed by atoms with E-state index in [-0.39, 0.29) is 6.03 Å². The number of nitrogens with one attached hydrogen (secondary N) is 2. The lowest BCUT2D eigenvalue weighted by Crippen LogP contribution is -2.56. The predicted molar refractivity (Wildman–Crippen MR) is 55.2 cm³/mol. The van der Waals surface area contributed by atoms with Gasteiger partial charge in [-0.05, 0) is 26.2 Å². The van der Waals surface area contributed by atoms with Crippen LogP contribution in [-0.2, 0) is 0 Å². The lowest BCUT2D eigenvalue weighted by molar-refractivity contribution is 0.142. The fourth-order valence-corrected chi connectivity index (χ4v) is 2.25. The van der Waals surface area contributed by atoms with Crippen molar-refractivity contribution in [2.75, 3.05) is 19.6 Å². The molecule has 0 aromatic heterocycles. The van der Waals surface area contributed by atoms with E-state index in [1.165, 1.54) is 6.42 Å². The molecule has 80 valence electrons. The van der Waals surface area contributed by atoms with E-state index in [0.29, 0.717) is 12.1 Å². The zero-order valence-corrected chi connectivity index (χ0v) is 8.75. The van der Waals surface area contributed by atoms with Crippen LogP contribution in [0.5, 0.6) is 0 Å². The summed E-state index contributed by atoms with van der Waals surface area (Å²) in [5, 5.41) is 6.33. The van der Waals surface area contributed by atoms with E-state index in [2.05, 4.69) is 17.6 Å². The average Bonchev–Trinajstić information content (AvgIpc) is 2.20. The Morgan fingerprint density at radius 1 is 1.43 bits per heavy atom. The van der Waals surface area contributed by atoms with E-state index in [4.69, 9.17) is 0 Å². The first kappa shape index (κ1) is 9.77. The van der Waals surface area contributed by atoms with Gasteiger partial charge in [-0.2, -0.15) is 0 Å². The third-order valence-electron chi connectivity index (χ3n) is 3.19. The van der Waals surface area contributed by atoms with E-state index in [1.807, 2.05) is 4.90 Å². The molecular formula is C10H19N3O. The maximum absolute atomic E-state index is 11.6. The summed E-state index contributed by atoms with van der Waals surface area (Å²) in [6.07, 6.45) is 3.40. The molecule has 2 aliphatic heterocycles. The third kappa shape index (κ3) is 2.00. The number of hydrogen-bond donors (Lipinski definition) is 2. The summed E-state index contributed by atoms with van der Waals surface area (Å²) < 4.78 is 0. The van der Waals surface area contributed by atoms with Gasteiger partial charge in [-0.15, -0.1) is 0 Å². The summed E-state index contributed by atoms with van der Waals surface area (Å²) in [5.41, 5.74) is 0. The number of hydrogen-bond acceptors (Lipinski definition) is 2. The first-order valence-electron chi connectivity index (χ1n) is 5.55. The molecule has 0 saturated carbocycles. The minimum Gasteiger partial charge on any atom is -0.338 e. The Hall–Kier alpha value is -0.770. The van der Waals surface area contributed by atoms with Gasteiger partial charge in [0.2, 0.25) is 0 Å². The van der Waals surface area contributed by atoms with Crippen molar-refractivity contribution in [1.82, 2.24) is 15.5 Å². The Labute approximate surface area is 85.0 Å². The maximum Gasteiger partial charge on any atom is 0.317 e. The second-order valence-electron chi connectivity index (χ2n) is 4.32. The van der Waals surface area contributed by atoms with Gasteiger partial charge in [-0.25, -0.2) is 4.79 Å². The quantitative estimate of drug-likeness (QED) is 0.644. The van der Waals surface area contributed by atoms with Crippen molar-refractivity contribution < 1.29 is 4.79 Å². The van der Waals surface area contributed by atoms with Gasteiger partial charge in [-0.3, -0.25) is 0 Å². The highest BCUT2D eigenvalue weighted by atomic mass is 16.2. The van der Waals surface area contributed by atoms with Crippen LogP contribution in [0.3, 0.4) is 0 Å². The Morgan fingerprint density at radius 3 is 2.93 bits per heavy atom. The van der Waals surface area contributed by atoms with Crippen LogP contribution in [-0.4, -0.2) is 42.6 Å². The standard InChI is InChI=1S/C10H19N3O/c1-8-3-4-9(7-12-8)13-6-2-5-11-10(13)14/h8-9,12H,2-7H2,1H3,(H,11,14). The van der Waals surface area contributed by atoms with Gasteiger partial charge in [0.05, 0.1) is 0 Å². The second kappa shape index (κ2) is 4.17. The van der Waals surface area contributed by atoms with E-state index < -0.39 is 0 Å². The van der Waals surface area contributed by atoms with E-state index in [9.17, 15) is 4.79 Å². The van der Waals surface area contributed by atoms with Crippen LogP contribution in [0.25, 0.3) is 0 Å². The van der Waals surface area contributed by atoms with Gasteiger partial charge >= 0.3 is 6.03 Å². The Morgan fingerprint density at radius 2 is 2.29 bits per heavy atom. The monoisotopic (exact) mass is 197 g/mol. The van der Waals surface area contributed by atoms with Crippen LogP contribution >= 0.6 is 0 Å². The van der Waals surface area contributed by atoms with Crippen LogP contribution in [0.1, 0.15) is 26.2 Å². The molecule has 2 saturated heterocycles. The Balaban J connectivity index is 1.90. The summed E-state index contributed by atoms with van der Waals surface area (Å²) >= 11 is 0. The molecule has 2 rings (SSSR count). The molecule has 4 nitrogen and oxygen atoms in total. The molecule has 2 unspecified atom stereocenters. The highest BCUT2D eigenvalue weighted by molar-refractivity contribution is 5.75.